The molecule has 2 aromatic carbocycles. The summed E-state index contributed by atoms with van der Waals surface area (Å²) in [6.07, 6.45) is 0. The molecule has 3 N–H and O–H groups in total. The van der Waals surface area contributed by atoms with Gasteiger partial charge in [0.25, 0.3) is 5.91 Å². The number of rotatable bonds is 3. The molecule has 22 heavy (non-hydrogen) atoms. The zero-order chi connectivity index (χ0) is 15.4. The number of pyridine rings is 1. The highest BCUT2D eigenvalue weighted by atomic mass is 16.1. The molecule has 0 radical (unpaired) electrons. The molecule has 4 heteroatoms. The van der Waals surface area contributed by atoms with Gasteiger partial charge in [-0.15, -0.1) is 0 Å². The zero-order valence-corrected chi connectivity index (χ0v) is 11.9. The predicted molar refractivity (Wildman–Crippen MR) is 88.5 cm³/mol. The molecule has 1 amide bonds. The average Bonchev–Trinajstić information content (AvgIpc) is 2.58. The lowest BCUT2D eigenvalue weighted by molar-refractivity contribution is 0.102. The molecule has 1 aromatic heterocycles. The summed E-state index contributed by atoms with van der Waals surface area (Å²) in [5.74, 6) is 0.139. The molecule has 0 fully saturated rings. The summed E-state index contributed by atoms with van der Waals surface area (Å²) < 4.78 is 0. The Balaban J connectivity index is 1.89. The number of aromatic nitrogens is 1. The summed E-state index contributed by atoms with van der Waals surface area (Å²) in [7, 11) is 0. The van der Waals surface area contributed by atoms with Crippen molar-refractivity contribution in [2.24, 2.45) is 0 Å². The summed E-state index contributed by atoms with van der Waals surface area (Å²) in [6, 6.07) is 22.3. The van der Waals surface area contributed by atoms with Gasteiger partial charge in [-0.05, 0) is 24.3 Å². The second-order valence-corrected chi connectivity index (χ2v) is 4.82. The predicted octanol–water partition coefficient (Wildman–Crippen LogP) is 3.58. The van der Waals surface area contributed by atoms with Crippen LogP contribution >= 0.6 is 0 Å². The topological polar surface area (TPSA) is 68.0 Å². The van der Waals surface area contributed by atoms with Crippen LogP contribution in [0.15, 0.2) is 72.8 Å². The van der Waals surface area contributed by atoms with E-state index < -0.39 is 0 Å². The number of hydrogen-bond acceptors (Lipinski definition) is 3. The lowest BCUT2D eigenvalue weighted by atomic mass is 10.1. The molecule has 0 saturated carbocycles. The molecule has 108 valence electrons. The number of amides is 1. The monoisotopic (exact) mass is 289 g/mol. The van der Waals surface area contributed by atoms with Gasteiger partial charge < -0.3 is 11.1 Å². The molecular weight excluding hydrogens is 274 g/mol. The van der Waals surface area contributed by atoms with Crippen molar-refractivity contribution in [3.63, 3.8) is 0 Å². The van der Waals surface area contributed by atoms with Gasteiger partial charge in [0.15, 0.2) is 5.82 Å². The first kappa shape index (κ1) is 13.8. The first-order valence-electron chi connectivity index (χ1n) is 6.92. The van der Waals surface area contributed by atoms with Gasteiger partial charge in [0.1, 0.15) is 0 Å². The Bertz CT molecular complexity index is 786. The Morgan fingerprint density at radius 1 is 0.864 bits per heavy atom. The number of nitrogens with zero attached hydrogens (tertiary/aromatic N) is 1. The third-order valence-corrected chi connectivity index (χ3v) is 3.26. The van der Waals surface area contributed by atoms with Crippen LogP contribution in [0.1, 0.15) is 10.4 Å². The number of nitrogen functional groups attached to an aromatic ring is 1. The quantitative estimate of drug-likeness (QED) is 0.774. The summed E-state index contributed by atoms with van der Waals surface area (Å²) in [6.45, 7) is 0. The summed E-state index contributed by atoms with van der Waals surface area (Å²) in [5, 5.41) is 2.76. The number of carbonyl (C=O) groups is 1. The second-order valence-electron chi connectivity index (χ2n) is 4.82. The molecule has 0 atom stereocenters. The van der Waals surface area contributed by atoms with Crippen LogP contribution in [0.3, 0.4) is 0 Å². The maximum atomic E-state index is 12.2. The van der Waals surface area contributed by atoms with Crippen molar-refractivity contribution in [3.05, 3.63) is 78.4 Å². The van der Waals surface area contributed by atoms with Gasteiger partial charge >= 0.3 is 0 Å². The van der Waals surface area contributed by atoms with Crippen LogP contribution < -0.4 is 11.1 Å². The van der Waals surface area contributed by atoms with Gasteiger partial charge in [0.2, 0.25) is 0 Å². The van der Waals surface area contributed by atoms with Crippen molar-refractivity contribution in [1.29, 1.82) is 0 Å². The van der Waals surface area contributed by atoms with Gasteiger partial charge in [0, 0.05) is 11.1 Å². The first-order chi connectivity index (χ1) is 10.7. The minimum Gasteiger partial charge on any atom is -0.396 e. The molecule has 0 spiro atoms. The molecule has 0 aliphatic carbocycles. The van der Waals surface area contributed by atoms with Crippen LogP contribution in [0.2, 0.25) is 0 Å². The number of nitrogens with one attached hydrogen (secondary N) is 1. The van der Waals surface area contributed by atoms with Crippen molar-refractivity contribution >= 4 is 17.4 Å². The van der Waals surface area contributed by atoms with E-state index in [1.54, 1.807) is 18.2 Å². The molecular formula is C18H15N3O. The van der Waals surface area contributed by atoms with Crippen molar-refractivity contribution in [3.8, 4) is 11.3 Å². The first-order valence-corrected chi connectivity index (χ1v) is 6.92. The fraction of sp³-hybridized carbons (Fsp3) is 0. The van der Waals surface area contributed by atoms with Gasteiger partial charge in [-0.1, -0.05) is 48.5 Å². The highest BCUT2D eigenvalue weighted by molar-refractivity contribution is 6.05. The van der Waals surface area contributed by atoms with Gasteiger partial charge in [-0.3, -0.25) is 4.79 Å². The van der Waals surface area contributed by atoms with Crippen LogP contribution in [-0.4, -0.2) is 10.9 Å². The number of anilines is 2. The maximum Gasteiger partial charge on any atom is 0.256 e. The summed E-state index contributed by atoms with van der Waals surface area (Å²) in [5.41, 5.74) is 8.65. The van der Waals surface area contributed by atoms with E-state index in [1.807, 2.05) is 54.6 Å². The van der Waals surface area contributed by atoms with E-state index in [4.69, 9.17) is 5.73 Å². The normalized spacial score (nSPS) is 10.2. The summed E-state index contributed by atoms with van der Waals surface area (Å²) >= 11 is 0. The molecule has 0 aliphatic heterocycles. The molecule has 0 saturated heterocycles. The average molecular weight is 289 g/mol. The molecule has 3 rings (SSSR count). The third kappa shape index (κ3) is 2.96. The number of benzene rings is 2. The molecule has 3 aromatic rings. The van der Waals surface area contributed by atoms with Crippen molar-refractivity contribution in [2.45, 2.75) is 0 Å². The van der Waals surface area contributed by atoms with E-state index >= 15 is 0 Å². The van der Waals surface area contributed by atoms with Gasteiger partial charge in [-0.2, -0.15) is 0 Å². The molecule has 4 nitrogen and oxygen atoms in total. The standard InChI is InChI=1S/C18H15N3O/c19-15-11-12-16(13-7-3-1-4-8-13)20-17(15)21-18(22)14-9-5-2-6-10-14/h1-12H,19H2,(H,20,21,22). The zero-order valence-electron chi connectivity index (χ0n) is 11.9. The Hall–Kier alpha value is -3.14. The van der Waals surface area contributed by atoms with Crippen molar-refractivity contribution < 1.29 is 4.79 Å². The number of hydrogen-bond donors (Lipinski definition) is 2. The van der Waals surface area contributed by atoms with Gasteiger partial charge in [0.05, 0.1) is 11.4 Å². The van der Waals surface area contributed by atoms with E-state index in [9.17, 15) is 4.79 Å². The molecule has 0 unspecified atom stereocenters. The Labute approximate surface area is 128 Å². The lowest BCUT2D eigenvalue weighted by Crippen LogP contribution is -2.14. The Morgan fingerprint density at radius 3 is 2.18 bits per heavy atom. The van der Waals surface area contributed by atoms with Crippen LogP contribution in [0.25, 0.3) is 11.3 Å². The van der Waals surface area contributed by atoms with E-state index in [0.29, 0.717) is 17.1 Å². The Morgan fingerprint density at radius 2 is 1.50 bits per heavy atom. The minimum absolute atomic E-state index is 0.231. The third-order valence-electron chi connectivity index (χ3n) is 3.26. The number of nitrogens with two attached hydrogens (primary N) is 1. The van der Waals surface area contributed by atoms with E-state index in [-0.39, 0.29) is 5.91 Å². The smallest absolute Gasteiger partial charge is 0.256 e. The van der Waals surface area contributed by atoms with Gasteiger partial charge in [-0.25, -0.2) is 4.98 Å². The highest BCUT2D eigenvalue weighted by Crippen LogP contribution is 2.23. The Kier molecular flexibility index (Phi) is 3.83. The fourth-order valence-corrected chi connectivity index (χ4v) is 2.11. The van der Waals surface area contributed by atoms with Crippen LogP contribution in [0.4, 0.5) is 11.5 Å². The van der Waals surface area contributed by atoms with E-state index in [2.05, 4.69) is 10.3 Å². The van der Waals surface area contributed by atoms with E-state index in [0.717, 1.165) is 11.3 Å². The fourth-order valence-electron chi connectivity index (χ4n) is 2.11. The van der Waals surface area contributed by atoms with Crippen molar-refractivity contribution in [1.82, 2.24) is 4.98 Å². The molecule has 1 heterocycles. The maximum absolute atomic E-state index is 12.2. The largest absolute Gasteiger partial charge is 0.396 e. The number of carbonyl (C=O) groups excluding carboxylic acids is 1. The van der Waals surface area contributed by atoms with E-state index in [1.165, 1.54) is 0 Å². The highest BCUT2D eigenvalue weighted by Gasteiger charge is 2.10. The summed E-state index contributed by atoms with van der Waals surface area (Å²) in [4.78, 5) is 16.7. The van der Waals surface area contributed by atoms with Crippen LogP contribution in [0.5, 0.6) is 0 Å². The molecule has 0 bridgehead atoms. The minimum atomic E-state index is -0.231. The lowest BCUT2D eigenvalue weighted by Gasteiger charge is -2.09. The second kappa shape index (κ2) is 6.10. The van der Waals surface area contributed by atoms with Crippen molar-refractivity contribution in [2.75, 3.05) is 11.1 Å². The van der Waals surface area contributed by atoms with Crippen LogP contribution in [-0.2, 0) is 0 Å². The SMILES string of the molecule is Nc1ccc(-c2ccccc2)nc1NC(=O)c1ccccc1. The van der Waals surface area contributed by atoms with Crippen LogP contribution in [0, 0.1) is 0 Å². The molecule has 0 aliphatic rings.